The second-order valence-corrected chi connectivity index (χ2v) is 6.73. The summed E-state index contributed by atoms with van der Waals surface area (Å²) >= 11 is 6.02. The van der Waals surface area contributed by atoms with Crippen molar-refractivity contribution in [3.05, 3.63) is 69.7 Å². The van der Waals surface area contributed by atoms with Crippen LogP contribution in [0.3, 0.4) is 0 Å². The van der Waals surface area contributed by atoms with Crippen molar-refractivity contribution in [2.45, 2.75) is 18.9 Å². The molecule has 1 saturated carbocycles. The Bertz CT molecular complexity index is 993. The molecule has 0 spiro atoms. The summed E-state index contributed by atoms with van der Waals surface area (Å²) in [7, 11) is 0. The number of rotatable bonds is 6. The van der Waals surface area contributed by atoms with Gasteiger partial charge in [-0.1, -0.05) is 41.9 Å². The number of anilines is 3. The number of nitro groups is 1. The van der Waals surface area contributed by atoms with Crippen molar-refractivity contribution in [3.63, 3.8) is 0 Å². The number of benzene rings is 2. The Morgan fingerprint density at radius 3 is 2.56 bits per heavy atom. The number of hydrogen-bond donors (Lipinski definition) is 2. The van der Waals surface area contributed by atoms with Gasteiger partial charge in [-0.2, -0.15) is 4.98 Å². The average Bonchev–Trinajstić information content (AvgIpc) is 3.46. The quantitative estimate of drug-likeness (QED) is 0.459. The van der Waals surface area contributed by atoms with E-state index in [0.717, 1.165) is 24.1 Å². The third-order valence-electron chi connectivity index (χ3n) is 4.12. The summed E-state index contributed by atoms with van der Waals surface area (Å²) in [5, 5.41) is 18.0. The van der Waals surface area contributed by atoms with Crippen LogP contribution in [0.25, 0.3) is 11.3 Å². The predicted molar refractivity (Wildman–Crippen MR) is 106 cm³/mol. The molecule has 0 bridgehead atoms. The fourth-order valence-electron chi connectivity index (χ4n) is 2.65. The van der Waals surface area contributed by atoms with Gasteiger partial charge in [-0.05, 0) is 25.0 Å². The van der Waals surface area contributed by atoms with Gasteiger partial charge in [-0.3, -0.25) is 10.1 Å². The van der Waals surface area contributed by atoms with E-state index in [-0.39, 0.29) is 11.4 Å². The molecule has 2 N–H and O–H groups in total. The van der Waals surface area contributed by atoms with Gasteiger partial charge in [0.2, 0.25) is 5.95 Å². The van der Waals surface area contributed by atoms with Gasteiger partial charge in [0.25, 0.3) is 5.69 Å². The molecule has 0 amide bonds. The average molecular weight is 382 g/mol. The van der Waals surface area contributed by atoms with E-state index in [2.05, 4.69) is 20.6 Å². The zero-order valence-electron chi connectivity index (χ0n) is 14.2. The fourth-order valence-corrected chi connectivity index (χ4v) is 2.82. The minimum atomic E-state index is -0.457. The van der Waals surface area contributed by atoms with Crippen molar-refractivity contribution < 1.29 is 4.92 Å². The van der Waals surface area contributed by atoms with E-state index in [1.54, 1.807) is 6.07 Å². The normalized spacial score (nSPS) is 13.2. The molecular weight excluding hydrogens is 366 g/mol. The molecule has 3 aromatic rings. The Morgan fingerprint density at radius 2 is 1.85 bits per heavy atom. The van der Waals surface area contributed by atoms with Gasteiger partial charge in [0.1, 0.15) is 11.5 Å². The van der Waals surface area contributed by atoms with Crippen LogP contribution in [0.15, 0.2) is 54.6 Å². The molecule has 2 aromatic carbocycles. The van der Waals surface area contributed by atoms with Crippen LogP contribution in [0, 0.1) is 10.1 Å². The standard InChI is InChI=1S/C19H16ClN5O2/c20-13-6-9-17(25(26)27)16(10-13)22-18-11-15(12-4-2-1-3-5-12)23-19(24-18)21-14-7-8-14/h1-6,9-11,14H,7-8H2,(H2,21,22,23,24). The van der Waals surface area contributed by atoms with Crippen LogP contribution in [-0.4, -0.2) is 20.9 Å². The maximum absolute atomic E-state index is 11.3. The fraction of sp³-hybridized carbons (Fsp3) is 0.158. The number of nitro benzene ring substituents is 1. The zero-order valence-corrected chi connectivity index (χ0v) is 15.0. The molecule has 1 aromatic heterocycles. The second kappa shape index (κ2) is 7.20. The topological polar surface area (TPSA) is 93.0 Å². The van der Waals surface area contributed by atoms with Crippen molar-refractivity contribution in [2.24, 2.45) is 0 Å². The summed E-state index contributed by atoms with van der Waals surface area (Å²) in [5.74, 6) is 0.948. The van der Waals surface area contributed by atoms with Gasteiger partial charge in [0.05, 0.1) is 10.6 Å². The SMILES string of the molecule is O=[N+]([O-])c1ccc(Cl)cc1Nc1cc(-c2ccccc2)nc(NC2CC2)n1. The van der Waals surface area contributed by atoms with Crippen LogP contribution in [0.5, 0.6) is 0 Å². The van der Waals surface area contributed by atoms with Gasteiger partial charge < -0.3 is 10.6 Å². The largest absolute Gasteiger partial charge is 0.351 e. The Kier molecular flexibility index (Phi) is 4.60. The van der Waals surface area contributed by atoms with E-state index in [9.17, 15) is 10.1 Å². The molecule has 136 valence electrons. The number of aromatic nitrogens is 2. The highest BCUT2D eigenvalue weighted by Gasteiger charge is 2.23. The van der Waals surface area contributed by atoms with E-state index >= 15 is 0 Å². The van der Waals surface area contributed by atoms with Gasteiger partial charge in [-0.25, -0.2) is 4.98 Å². The minimum Gasteiger partial charge on any atom is -0.351 e. The summed E-state index contributed by atoms with van der Waals surface area (Å²) in [6.45, 7) is 0. The van der Waals surface area contributed by atoms with Crippen molar-refractivity contribution in [1.29, 1.82) is 0 Å². The highest BCUT2D eigenvalue weighted by Crippen LogP contribution is 2.32. The van der Waals surface area contributed by atoms with E-state index in [0.29, 0.717) is 22.8 Å². The summed E-state index contributed by atoms with van der Waals surface area (Å²) in [4.78, 5) is 19.9. The van der Waals surface area contributed by atoms with Crippen LogP contribution >= 0.6 is 11.6 Å². The lowest BCUT2D eigenvalue weighted by molar-refractivity contribution is -0.383. The van der Waals surface area contributed by atoms with E-state index in [1.807, 2.05) is 30.3 Å². The maximum Gasteiger partial charge on any atom is 0.292 e. The number of nitrogens with one attached hydrogen (secondary N) is 2. The smallest absolute Gasteiger partial charge is 0.292 e. The van der Waals surface area contributed by atoms with Gasteiger partial charge >= 0.3 is 0 Å². The Morgan fingerprint density at radius 1 is 1.07 bits per heavy atom. The molecule has 1 aliphatic rings. The van der Waals surface area contributed by atoms with Crippen LogP contribution in [0.4, 0.5) is 23.1 Å². The molecule has 8 heteroatoms. The van der Waals surface area contributed by atoms with E-state index < -0.39 is 4.92 Å². The lowest BCUT2D eigenvalue weighted by Gasteiger charge is -2.11. The molecule has 1 fully saturated rings. The summed E-state index contributed by atoms with van der Waals surface area (Å²) in [5.41, 5.74) is 1.86. The van der Waals surface area contributed by atoms with Crippen LogP contribution in [0.1, 0.15) is 12.8 Å². The molecule has 0 saturated heterocycles. The van der Waals surface area contributed by atoms with Crippen LogP contribution < -0.4 is 10.6 Å². The number of halogens is 1. The van der Waals surface area contributed by atoms with Crippen LogP contribution in [-0.2, 0) is 0 Å². The highest BCUT2D eigenvalue weighted by molar-refractivity contribution is 6.31. The number of hydrogen-bond acceptors (Lipinski definition) is 6. The van der Waals surface area contributed by atoms with E-state index in [4.69, 9.17) is 11.6 Å². The summed E-state index contributed by atoms with van der Waals surface area (Å²) < 4.78 is 0. The maximum atomic E-state index is 11.3. The highest BCUT2D eigenvalue weighted by atomic mass is 35.5. The van der Waals surface area contributed by atoms with Gasteiger partial charge in [0.15, 0.2) is 0 Å². The lowest BCUT2D eigenvalue weighted by Crippen LogP contribution is -2.08. The Labute approximate surface area is 160 Å². The number of nitrogens with zero attached hydrogens (tertiary/aromatic N) is 3. The molecule has 0 aliphatic heterocycles. The van der Waals surface area contributed by atoms with Crippen molar-refractivity contribution in [1.82, 2.24) is 9.97 Å². The van der Waals surface area contributed by atoms with Crippen LogP contribution in [0.2, 0.25) is 5.02 Å². The molecule has 1 aliphatic carbocycles. The Balaban J connectivity index is 1.73. The zero-order chi connectivity index (χ0) is 18.8. The monoisotopic (exact) mass is 381 g/mol. The molecule has 7 nitrogen and oxygen atoms in total. The van der Waals surface area contributed by atoms with Crippen molar-refractivity contribution >= 4 is 34.7 Å². The molecule has 0 atom stereocenters. The van der Waals surface area contributed by atoms with Gasteiger partial charge in [-0.15, -0.1) is 0 Å². The Hall–Kier alpha value is -3.19. The van der Waals surface area contributed by atoms with E-state index in [1.165, 1.54) is 18.2 Å². The predicted octanol–water partition coefficient (Wildman–Crippen LogP) is 5.02. The third-order valence-corrected chi connectivity index (χ3v) is 4.36. The molecule has 0 unspecified atom stereocenters. The second-order valence-electron chi connectivity index (χ2n) is 6.29. The molecule has 4 rings (SSSR count). The molecule has 1 heterocycles. The lowest BCUT2D eigenvalue weighted by atomic mass is 10.1. The first-order valence-corrected chi connectivity index (χ1v) is 8.88. The summed E-state index contributed by atoms with van der Waals surface area (Å²) in [6, 6.07) is 16.2. The van der Waals surface area contributed by atoms with Crippen molar-refractivity contribution in [2.75, 3.05) is 10.6 Å². The first kappa shape index (κ1) is 17.2. The minimum absolute atomic E-state index is 0.0732. The van der Waals surface area contributed by atoms with Crippen molar-refractivity contribution in [3.8, 4) is 11.3 Å². The summed E-state index contributed by atoms with van der Waals surface area (Å²) in [6.07, 6.45) is 2.17. The molecule has 0 radical (unpaired) electrons. The van der Waals surface area contributed by atoms with Gasteiger partial charge in [0, 0.05) is 28.8 Å². The first-order valence-electron chi connectivity index (χ1n) is 8.50. The molecule has 27 heavy (non-hydrogen) atoms. The third kappa shape index (κ3) is 4.15. The first-order chi connectivity index (χ1) is 13.1. The molecular formula is C19H16ClN5O2.